The minimum absolute atomic E-state index is 0.173. The molecule has 32 heavy (non-hydrogen) atoms. The number of thiazole rings is 1. The number of carbonyl (C=O) groups excluding carboxylic acids is 1. The fourth-order valence-electron chi connectivity index (χ4n) is 3.69. The number of hydrogen-bond donors (Lipinski definition) is 0. The summed E-state index contributed by atoms with van der Waals surface area (Å²) >= 11 is 13.8. The minimum atomic E-state index is -0.173. The number of anilines is 1. The van der Waals surface area contributed by atoms with Crippen molar-refractivity contribution < 1.29 is 14.3 Å². The van der Waals surface area contributed by atoms with E-state index in [1.807, 2.05) is 25.1 Å². The van der Waals surface area contributed by atoms with Gasteiger partial charge in [0.05, 0.1) is 24.5 Å². The molecule has 1 aliphatic heterocycles. The van der Waals surface area contributed by atoms with Gasteiger partial charge in [-0.05, 0) is 43.7 Å². The van der Waals surface area contributed by atoms with Gasteiger partial charge in [-0.3, -0.25) is 14.6 Å². The number of ether oxygens (including phenoxy) is 2. The summed E-state index contributed by atoms with van der Waals surface area (Å²) < 4.78 is 12.1. The summed E-state index contributed by atoms with van der Waals surface area (Å²) in [6.07, 6.45) is 0.814. The van der Waals surface area contributed by atoms with Crippen LogP contribution in [0.2, 0.25) is 10.0 Å². The summed E-state index contributed by atoms with van der Waals surface area (Å²) in [5.74, 6) is 0.549. The average molecular weight is 494 g/mol. The number of benzene rings is 2. The van der Waals surface area contributed by atoms with Gasteiger partial charge in [0.15, 0.2) is 5.13 Å². The van der Waals surface area contributed by atoms with Crippen LogP contribution in [0.5, 0.6) is 5.75 Å². The Kier molecular flexibility index (Phi) is 7.86. The van der Waals surface area contributed by atoms with E-state index in [9.17, 15) is 4.79 Å². The largest absolute Gasteiger partial charge is 0.492 e. The molecule has 1 fully saturated rings. The zero-order chi connectivity index (χ0) is 22.5. The molecule has 1 saturated heterocycles. The summed E-state index contributed by atoms with van der Waals surface area (Å²) in [5.41, 5.74) is 1.21. The molecular formula is C23H25Cl2N3O3S. The van der Waals surface area contributed by atoms with E-state index in [1.165, 1.54) is 11.3 Å². The quantitative estimate of drug-likeness (QED) is 0.422. The van der Waals surface area contributed by atoms with Gasteiger partial charge in [0.2, 0.25) is 0 Å². The predicted octanol–water partition coefficient (Wildman–Crippen LogP) is 5.37. The van der Waals surface area contributed by atoms with Crippen molar-refractivity contribution in [1.29, 1.82) is 0 Å². The number of rotatable bonds is 8. The van der Waals surface area contributed by atoms with Crippen LogP contribution in [0.25, 0.3) is 10.2 Å². The highest BCUT2D eigenvalue weighted by Gasteiger charge is 2.23. The van der Waals surface area contributed by atoms with E-state index in [0.29, 0.717) is 33.9 Å². The Hall–Kier alpha value is -1.90. The number of carbonyl (C=O) groups is 1. The van der Waals surface area contributed by atoms with Crippen LogP contribution in [0.3, 0.4) is 0 Å². The van der Waals surface area contributed by atoms with Gasteiger partial charge in [-0.15, -0.1) is 0 Å². The number of para-hydroxylation sites is 1. The van der Waals surface area contributed by atoms with Crippen molar-refractivity contribution in [3.63, 3.8) is 0 Å². The number of morpholine rings is 1. The maximum Gasteiger partial charge on any atom is 0.260 e. The number of hydrogen-bond acceptors (Lipinski definition) is 6. The third-order valence-electron chi connectivity index (χ3n) is 5.22. The molecule has 0 aliphatic carbocycles. The van der Waals surface area contributed by atoms with E-state index >= 15 is 0 Å². The van der Waals surface area contributed by atoms with Crippen LogP contribution in [0, 0.1) is 0 Å². The molecule has 4 rings (SSSR count). The molecule has 2 aromatic carbocycles. The highest BCUT2D eigenvalue weighted by Crippen LogP contribution is 2.35. The van der Waals surface area contributed by atoms with Crippen LogP contribution in [-0.2, 0) is 4.74 Å². The van der Waals surface area contributed by atoms with Gasteiger partial charge in [0.1, 0.15) is 11.3 Å². The van der Waals surface area contributed by atoms with E-state index in [4.69, 9.17) is 37.7 Å². The number of aromatic nitrogens is 1. The molecule has 1 amide bonds. The third kappa shape index (κ3) is 5.53. The zero-order valence-corrected chi connectivity index (χ0v) is 20.2. The van der Waals surface area contributed by atoms with Crippen LogP contribution in [0.1, 0.15) is 23.7 Å². The van der Waals surface area contributed by atoms with Crippen molar-refractivity contribution in [2.45, 2.75) is 13.3 Å². The Morgan fingerprint density at radius 2 is 1.97 bits per heavy atom. The Morgan fingerprint density at radius 3 is 2.69 bits per heavy atom. The molecule has 0 unspecified atom stereocenters. The van der Waals surface area contributed by atoms with E-state index in [0.717, 1.165) is 55.2 Å². The van der Waals surface area contributed by atoms with E-state index in [2.05, 4.69) is 4.90 Å². The fourth-order valence-corrected chi connectivity index (χ4v) is 5.23. The second-order valence-electron chi connectivity index (χ2n) is 7.45. The summed E-state index contributed by atoms with van der Waals surface area (Å²) in [7, 11) is 0. The number of nitrogens with zero attached hydrogens (tertiary/aromatic N) is 3. The van der Waals surface area contributed by atoms with E-state index in [-0.39, 0.29) is 5.91 Å². The van der Waals surface area contributed by atoms with Crippen LogP contribution >= 0.6 is 34.5 Å². The molecule has 2 heterocycles. The smallest absolute Gasteiger partial charge is 0.260 e. The van der Waals surface area contributed by atoms with Gasteiger partial charge in [-0.25, -0.2) is 4.98 Å². The summed E-state index contributed by atoms with van der Waals surface area (Å²) in [6, 6.07) is 10.7. The van der Waals surface area contributed by atoms with Gasteiger partial charge in [-0.1, -0.05) is 40.6 Å². The predicted molar refractivity (Wildman–Crippen MR) is 131 cm³/mol. The molecule has 0 bridgehead atoms. The second-order valence-corrected chi connectivity index (χ2v) is 9.34. The molecule has 0 spiro atoms. The molecule has 3 aromatic rings. The van der Waals surface area contributed by atoms with Gasteiger partial charge < -0.3 is 9.47 Å². The lowest BCUT2D eigenvalue weighted by atomic mass is 10.2. The number of halogens is 2. The first-order valence-corrected chi connectivity index (χ1v) is 12.2. The van der Waals surface area contributed by atoms with Crippen LogP contribution in [-0.4, -0.2) is 61.8 Å². The summed E-state index contributed by atoms with van der Waals surface area (Å²) in [4.78, 5) is 22.4. The molecule has 0 saturated carbocycles. The minimum Gasteiger partial charge on any atom is -0.492 e. The van der Waals surface area contributed by atoms with Gasteiger partial charge in [-0.2, -0.15) is 0 Å². The normalized spacial score (nSPS) is 14.6. The van der Waals surface area contributed by atoms with Crippen molar-refractivity contribution >= 4 is 55.8 Å². The first-order valence-electron chi connectivity index (χ1n) is 10.7. The highest BCUT2D eigenvalue weighted by atomic mass is 35.5. The van der Waals surface area contributed by atoms with Gasteiger partial charge in [0.25, 0.3) is 5.91 Å². The highest BCUT2D eigenvalue weighted by molar-refractivity contribution is 7.22. The topological polar surface area (TPSA) is 54.9 Å². The zero-order valence-electron chi connectivity index (χ0n) is 17.9. The van der Waals surface area contributed by atoms with E-state index < -0.39 is 0 Å². The van der Waals surface area contributed by atoms with Gasteiger partial charge >= 0.3 is 0 Å². The maximum absolute atomic E-state index is 13.5. The Labute approximate surface area is 201 Å². The van der Waals surface area contributed by atoms with Crippen molar-refractivity contribution in [1.82, 2.24) is 9.88 Å². The Morgan fingerprint density at radius 1 is 1.22 bits per heavy atom. The molecule has 1 aromatic heterocycles. The monoisotopic (exact) mass is 493 g/mol. The standard InChI is InChI=1S/C23H25Cl2N3O3S/c1-2-31-19-5-3-6-20-21(19)26-23(32-20)28(8-4-7-27-9-11-30-12-10-27)22(29)16-13-17(24)15-18(25)14-16/h3,5-6,13-15H,2,4,7-12H2,1H3. The fraction of sp³-hybridized carbons (Fsp3) is 0.391. The molecular weight excluding hydrogens is 469 g/mol. The summed E-state index contributed by atoms with van der Waals surface area (Å²) in [5, 5.41) is 1.49. The number of amides is 1. The lowest BCUT2D eigenvalue weighted by Gasteiger charge is -2.27. The SMILES string of the molecule is CCOc1cccc2sc(N(CCCN3CCOCC3)C(=O)c3cc(Cl)cc(Cl)c3)nc12. The molecule has 9 heteroatoms. The first kappa shape index (κ1) is 23.3. The van der Waals surface area contributed by atoms with Crippen molar-refractivity contribution in [3.05, 3.63) is 52.0 Å². The maximum atomic E-state index is 13.5. The molecule has 0 atom stereocenters. The van der Waals surface area contributed by atoms with Crippen molar-refractivity contribution in [2.24, 2.45) is 0 Å². The Bertz CT molecular complexity index is 1070. The van der Waals surface area contributed by atoms with Crippen LogP contribution < -0.4 is 9.64 Å². The van der Waals surface area contributed by atoms with Crippen molar-refractivity contribution in [3.8, 4) is 5.75 Å². The molecule has 0 radical (unpaired) electrons. The third-order valence-corrected chi connectivity index (χ3v) is 6.70. The summed E-state index contributed by atoms with van der Waals surface area (Å²) in [6.45, 7) is 7.24. The number of fused-ring (bicyclic) bond motifs is 1. The molecule has 0 N–H and O–H groups in total. The first-order chi connectivity index (χ1) is 15.5. The van der Waals surface area contributed by atoms with Crippen molar-refractivity contribution in [2.75, 3.05) is 50.9 Å². The molecule has 6 nitrogen and oxygen atoms in total. The Balaban J connectivity index is 1.62. The molecule has 1 aliphatic rings. The van der Waals surface area contributed by atoms with Crippen LogP contribution in [0.4, 0.5) is 5.13 Å². The lowest BCUT2D eigenvalue weighted by molar-refractivity contribution is 0.0376. The van der Waals surface area contributed by atoms with E-state index in [1.54, 1.807) is 23.1 Å². The average Bonchev–Trinajstić information content (AvgIpc) is 3.21. The molecule has 170 valence electrons. The second kappa shape index (κ2) is 10.8. The van der Waals surface area contributed by atoms with Crippen LogP contribution in [0.15, 0.2) is 36.4 Å². The lowest BCUT2D eigenvalue weighted by Crippen LogP contribution is -2.39. The van der Waals surface area contributed by atoms with Gasteiger partial charge in [0, 0.05) is 41.8 Å².